The van der Waals surface area contributed by atoms with Crippen molar-refractivity contribution < 1.29 is 13.2 Å². The van der Waals surface area contributed by atoms with Gasteiger partial charge in [-0.15, -0.1) is 0 Å². The number of carbonyl (C=O) groups is 1. The molecular weight excluding hydrogens is 500 g/mol. The van der Waals surface area contributed by atoms with E-state index >= 15 is 0 Å². The molecule has 1 unspecified atom stereocenters. The maximum Gasteiger partial charge on any atom is 0.262 e. The van der Waals surface area contributed by atoms with E-state index in [2.05, 4.69) is 40.5 Å². The highest BCUT2D eigenvalue weighted by molar-refractivity contribution is 7.92. The van der Waals surface area contributed by atoms with Crippen LogP contribution in [0.15, 0.2) is 53.8 Å². The highest BCUT2D eigenvalue weighted by Crippen LogP contribution is 2.27. The molecule has 1 aliphatic heterocycles. The van der Waals surface area contributed by atoms with E-state index in [1.807, 2.05) is 14.1 Å². The van der Waals surface area contributed by atoms with E-state index in [1.165, 1.54) is 23.1 Å². The highest BCUT2D eigenvalue weighted by Gasteiger charge is 2.29. The van der Waals surface area contributed by atoms with Crippen LogP contribution in [0.25, 0.3) is 5.82 Å². The average Bonchev–Trinajstić information content (AvgIpc) is 3.49. The third-order valence-electron chi connectivity index (χ3n) is 6.34. The summed E-state index contributed by atoms with van der Waals surface area (Å²) in [5, 5.41) is 4.54. The van der Waals surface area contributed by atoms with E-state index in [4.69, 9.17) is 11.6 Å². The zero-order valence-corrected chi connectivity index (χ0v) is 22.6. The molecule has 3 aromatic rings. The van der Waals surface area contributed by atoms with Gasteiger partial charge in [0.2, 0.25) is 0 Å². The van der Waals surface area contributed by atoms with Crippen LogP contribution >= 0.6 is 11.6 Å². The van der Waals surface area contributed by atoms with Crippen molar-refractivity contribution in [2.75, 3.05) is 31.9 Å². The number of amides is 1. The number of likely N-dealkylation sites (tertiary alicyclic amines) is 1. The molecule has 1 aromatic carbocycles. The summed E-state index contributed by atoms with van der Waals surface area (Å²) < 4.78 is 30.3. The predicted molar refractivity (Wildman–Crippen MR) is 140 cm³/mol. The van der Waals surface area contributed by atoms with E-state index < -0.39 is 10.0 Å². The fourth-order valence-electron chi connectivity index (χ4n) is 4.11. The number of hydrogen-bond acceptors (Lipinski definition) is 6. The summed E-state index contributed by atoms with van der Waals surface area (Å²) in [6.07, 6.45) is 5.33. The maximum absolute atomic E-state index is 13.2. The molecule has 4 rings (SSSR count). The van der Waals surface area contributed by atoms with E-state index in [1.54, 1.807) is 35.4 Å². The number of sulfonamides is 1. The van der Waals surface area contributed by atoms with Gasteiger partial charge in [-0.05, 0) is 49.7 Å². The predicted octanol–water partition coefficient (Wildman–Crippen LogP) is 3.80. The van der Waals surface area contributed by atoms with Gasteiger partial charge in [0, 0.05) is 31.5 Å². The number of hydrogen-bond donors (Lipinski definition) is 1. The number of aromatic nitrogens is 3. The van der Waals surface area contributed by atoms with Gasteiger partial charge in [0.25, 0.3) is 15.9 Å². The third-order valence-corrected chi connectivity index (χ3v) is 7.92. The Kier molecular flexibility index (Phi) is 7.14. The third kappa shape index (κ3) is 5.55. The van der Waals surface area contributed by atoms with Gasteiger partial charge in [-0.25, -0.2) is 18.1 Å². The molecule has 0 spiro atoms. The van der Waals surface area contributed by atoms with Crippen molar-refractivity contribution in [3.63, 3.8) is 0 Å². The molecule has 1 amide bonds. The van der Waals surface area contributed by atoms with Gasteiger partial charge in [0.15, 0.2) is 5.82 Å². The smallest absolute Gasteiger partial charge is 0.262 e. The minimum atomic E-state index is -3.93. The van der Waals surface area contributed by atoms with Crippen molar-refractivity contribution in [1.29, 1.82) is 0 Å². The summed E-state index contributed by atoms with van der Waals surface area (Å²) in [6, 6.07) is 8.54. The Morgan fingerprint density at radius 3 is 2.47 bits per heavy atom. The molecule has 0 radical (unpaired) electrons. The molecular formula is C25H31ClN6O3S. The molecule has 1 N–H and O–H groups in total. The molecule has 0 bridgehead atoms. The Balaban J connectivity index is 1.59. The van der Waals surface area contributed by atoms with Gasteiger partial charge in [-0.1, -0.05) is 44.5 Å². The first-order valence-electron chi connectivity index (χ1n) is 11.6. The Morgan fingerprint density at radius 2 is 1.86 bits per heavy atom. The molecule has 1 atom stereocenters. The highest BCUT2D eigenvalue weighted by atomic mass is 35.5. The quantitative estimate of drug-likeness (QED) is 0.520. The lowest BCUT2D eigenvalue weighted by molar-refractivity contribution is 0.0783. The van der Waals surface area contributed by atoms with Crippen LogP contribution in [0.1, 0.15) is 43.1 Å². The zero-order valence-electron chi connectivity index (χ0n) is 21.1. The van der Waals surface area contributed by atoms with Crippen LogP contribution in [0.5, 0.6) is 0 Å². The van der Waals surface area contributed by atoms with Crippen LogP contribution in [0.3, 0.4) is 0 Å². The number of likely N-dealkylation sites (N-methyl/N-ethyl adjacent to an activating group) is 1. The molecule has 1 saturated heterocycles. The number of halogens is 1. The number of nitrogens with zero attached hydrogens (tertiary/aromatic N) is 5. The summed E-state index contributed by atoms with van der Waals surface area (Å²) in [4.78, 5) is 21.3. The summed E-state index contributed by atoms with van der Waals surface area (Å²) in [5.41, 5.74) is 1.48. The van der Waals surface area contributed by atoms with Crippen molar-refractivity contribution in [2.24, 2.45) is 0 Å². The molecule has 36 heavy (non-hydrogen) atoms. The Bertz CT molecular complexity index is 1360. The van der Waals surface area contributed by atoms with Crippen LogP contribution < -0.4 is 4.72 Å². The van der Waals surface area contributed by atoms with Crippen molar-refractivity contribution in [2.45, 2.75) is 43.5 Å². The summed E-state index contributed by atoms with van der Waals surface area (Å²) in [5.74, 6) is 0.0848. The average molecular weight is 531 g/mol. The number of anilines is 1. The molecule has 0 saturated carbocycles. The van der Waals surface area contributed by atoms with Crippen molar-refractivity contribution in [1.82, 2.24) is 24.6 Å². The van der Waals surface area contributed by atoms with E-state index in [0.717, 1.165) is 12.0 Å². The number of carbonyl (C=O) groups excluding carboxylic acids is 1. The van der Waals surface area contributed by atoms with Crippen LogP contribution in [-0.4, -0.2) is 72.1 Å². The normalized spacial score (nSPS) is 16.5. The largest absolute Gasteiger partial charge is 0.337 e. The second kappa shape index (κ2) is 9.84. The first kappa shape index (κ1) is 26.1. The van der Waals surface area contributed by atoms with E-state index in [9.17, 15) is 13.2 Å². The van der Waals surface area contributed by atoms with Gasteiger partial charge in [0.1, 0.15) is 0 Å². The van der Waals surface area contributed by atoms with Crippen LogP contribution in [0.2, 0.25) is 5.02 Å². The first-order chi connectivity index (χ1) is 16.8. The van der Waals surface area contributed by atoms with Gasteiger partial charge >= 0.3 is 0 Å². The molecule has 0 aliphatic carbocycles. The van der Waals surface area contributed by atoms with Crippen molar-refractivity contribution in [3.05, 3.63) is 65.1 Å². The summed E-state index contributed by atoms with van der Waals surface area (Å²) in [7, 11) is 0.0794. The number of rotatable bonds is 6. The SMILES string of the molecule is CN(C)C1CCN(C(=O)c2cnn(-c3ncc(Cl)cc3NS(=O)(=O)c3ccc(C(C)(C)C)cc3)c2)C1. The topological polar surface area (TPSA) is 100 Å². The Morgan fingerprint density at radius 1 is 1.17 bits per heavy atom. The molecule has 3 heterocycles. The van der Waals surface area contributed by atoms with Gasteiger partial charge in [0.05, 0.1) is 27.4 Å². The van der Waals surface area contributed by atoms with Gasteiger partial charge < -0.3 is 9.80 Å². The Hall–Kier alpha value is -2.95. The van der Waals surface area contributed by atoms with Crippen molar-refractivity contribution >= 4 is 33.2 Å². The minimum absolute atomic E-state index is 0.0998. The lowest BCUT2D eigenvalue weighted by atomic mass is 9.87. The molecule has 1 aliphatic rings. The standard InChI is InChI=1S/C25H31ClN6O3S/c1-25(2,3)18-6-8-21(9-7-18)36(34,35)29-22-12-19(26)14-27-23(22)32-15-17(13-28-32)24(33)31-11-10-20(16-31)30(4)5/h6-9,12-15,20,29H,10-11,16H2,1-5H3. The van der Waals surface area contributed by atoms with E-state index in [-0.39, 0.29) is 32.7 Å². The van der Waals surface area contributed by atoms with Crippen LogP contribution in [0.4, 0.5) is 5.69 Å². The van der Waals surface area contributed by atoms with E-state index in [0.29, 0.717) is 24.7 Å². The molecule has 9 nitrogen and oxygen atoms in total. The Labute approximate surface area is 217 Å². The van der Waals surface area contributed by atoms with Crippen LogP contribution in [0, 0.1) is 0 Å². The van der Waals surface area contributed by atoms with Crippen molar-refractivity contribution in [3.8, 4) is 5.82 Å². The second-order valence-electron chi connectivity index (χ2n) is 10.2. The number of benzene rings is 1. The molecule has 1 fully saturated rings. The molecule has 2 aromatic heterocycles. The number of nitrogens with one attached hydrogen (secondary N) is 1. The zero-order chi connectivity index (χ0) is 26.3. The first-order valence-corrected chi connectivity index (χ1v) is 13.5. The molecule has 192 valence electrons. The lowest BCUT2D eigenvalue weighted by Gasteiger charge is -2.20. The number of pyridine rings is 1. The van der Waals surface area contributed by atoms with Gasteiger partial charge in [-0.2, -0.15) is 5.10 Å². The van der Waals surface area contributed by atoms with Crippen LogP contribution in [-0.2, 0) is 15.4 Å². The lowest BCUT2D eigenvalue weighted by Crippen LogP contribution is -2.34. The maximum atomic E-state index is 13.2. The second-order valence-corrected chi connectivity index (χ2v) is 12.4. The minimum Gasteiger partial charge on any atom is -0.337 e. The van der Waals surface area contributed by atoms with Gasteiger partial charge in [-0.3, -0.25) is 9.52 Å². The fraction of sp³-hybridized carbons (Fsp3) is 0.400. The fourth-order valence-corrected chi connectivity index (χ4v) is 5.32. The summed E-state index contributed by atoms with van der Waals surface area (Å²) in [6.45, 7) is 7.50. The monoisotopic (exact) mass is 530 g/mol. The summed E-state index contributed by atoms with van der Waals surface area (Å²) >= 11 is 6.14. The molecule has 11 heteroatoms.